The van der Waals surface area contributed by atoms with Crippen molar-refractivity contribution in [3.8, 4) is 11.1 Å². The van der Waals surface area contributed by atoms with Crippen molar-refractivity contribution in [2.45, 2.75) is 26.8 Å². The number of aryl methyl sites for hydroxylation is 1. The van der Waals surface area contributed by atoms with Gasteiger partial charge in [0.2, 0.25) is 0 Å². The maximum absolute atomic E-state index is 5.39. The maximum Gasteiger partial charge on any atom is 0.160 e. The minimum atomic E-state index is 0.597. The minimum Gasteiger partial charge on any atom is -0.279 e. The van der Waals surface area contributed by atoms with Crippen molar-refractivity contribution in [1.29, 1.82) is 0 Å². The Morgan fingerprint density at radius 2 is 1.30 bits per heavy atom. The van der Waals surface area contributed by atoms with Crippen molar-refractivity contribution in [2.75, 3.05) is 0 Å². The summed E-state index contributed by atoms with van der Waals surface area (Å²) in [6.45, 7) is 9.29. The van der Waals surface area contributed by atoms with E-state index in [1.165, 1.54) is 60.5 Å². The molecule has 268 valence electrons. The van der Waals surface area contributed by atoms with Gasteiger partial charge in [-0.15, -0.1) is 0 Å². The van der Waals surface area contributed by atoms with Crippen molar-refractivity contribution >= 4 is 44.4 Å². The van der Waals surface area contributed by atoms with Crippen molar-refractivity contribution in [3.63, 3.8) is 0 Å². The normalized spacial score (nSPS) is 14.3. The summed E-state index contributed by atoms with van der Waals surface area (Å²) >= 11 is 0. The quantitative estimate of drug-likeness (QED) is 0.0932. The first kappa shape index (κ1) is 34.8. The van der Waals surface area contributed by atoms with Crippen LogP contribution in [0.4, 0.5) is 0 Å². The van der Waals surface area contributed by atoms with Gasteiger partial charge in [-0.25, -0.2) is 9.98 Å². The third kappa shape index (κ3) is 6.58. The molecule has 0 saturated heterocycles. The molecule has 56 heavy (non-hydrogen) atoms. The summed E-state index contributed by atoms with van der Waals surface area (Å²) in [4.78, 5) is 15.7. The number of amidine groups is 1. The molecule has 3 heteroatoms. The molecule has 7 aromatic carbocycles. The van der Waals surface area contributed by atoms with Crippen molar-refractivity contribution in [2.24, 2.45) is 15.0 Å². The highest BCUT2D eigenvalue weighted by Gasteiger charge is 2.25. The fourth-order valence-electron chi connectivity index (χ4n) is 8.04. The van der Waals surface area contributed by atoms with E-state index in [0.29, 0.717) is 18.1 Å². The molecule has 0 amide bonds. The van der Waals surface area contributed by atoms with Crippen molar-refractivity contribution in [1.82, 2.24) is 0 Å². The van der Waals surface area contributed by atoms with E-state index >= 15 is 0 Å². The summed E-state index contributed by atoms with van der Waals surface area (Å²) in [6, 6.07) is 53.6. The van der Waals surface area contributed by atoms with E-state index in [2.05, 4.69) is 165 Å². The molecule has 1 heterocycles. The van der Waals surface area contributed by atoms with Crippen molar-refractivity contribution < 1.29 is 0 Å². The highest BCUT2D eigenvalue weighted by atomic mass is 14.9. The highest BCUT2D eigenvalue weighted by molar-refractivity contribution is 6.30. The lowest BCUT2D eigenvalue weighted by Crippen LogP contribution is -2.08. The molecule has 0 bridgehead atoms. The van der Waals surface area contributed by atoms with Gasteiger partial charge in [-0.1, -0.05) is 183 Å². The van der Waals surface area contributed by atoms with E-state index in [9.17, 15) is 0 Å². The number of allylic oxidation sites excluding steroid dienone is 5. The van der Waals surface area contributed by atoms with Crippen LogP contribution in [0.3, 0.4) is 0 Å². The second kappa shape index (κ2) is 15.0. The first-order chi connectivity index (χ1) is 27.5. The van der Waals surface area contributed by atoms with Crippen LogP contribution < -0.4 is 0 Å². The highest BCUT2D eigenvalue weighted by Crippen LogP contribution is 2.44. The second-order valence-corrected chi connectivity index (χ2v) is 14.4. The molecule has 3 nitrogen and oxygen atoms in total. The largest absolute Gasteiger partial charge is 0.279 e. The first-order valence-corrected chi connectivity index (χ1v) is 19.2. The number of aliphatic imine (C=N–C) groups is 3. The Morgan fingerprint density at radius 1 is 0.607 bits per heavy atom. The molecule has 0 spiro atoms. The molecule has 1 aliphatic carbocycles. The Morgan fingerprint density at radius 3 is 2.11 bits per heavy atom. The van der Waals surface area contributed by atoms with Gasteiger partial charge in [-0.05, 0) is 86.3 Å². The van der Waals surface area contributed by atoms with Crippen molar-refractivity contribution in [3.05, 3.63) is 233 Å². The van der Waals surface area contributed by atoms with Gasteiger partial charge in [0.25, 0.3) is 0 Å². The molecule has 0 saturated carbocycles. The fourth-order valence-corrected chi connectivity index (χ4v) is 8.04. The third-order valence-electron chi connectivity index (χ3n) is 10.9. The summed E-state index contributed by atoms with van der Waals surface area (Å²) in [7, 11) is 0. The van der Waals surface area contributed by atoms with Crippen LogP contribution in [0, 0.1) is 6.92 Å². The summed E-state index contributed by atoms with van der Waals surface area (Å²) < 4.78 is 0. The van der Waals surface area contributed by atoms with E-state index in [0.717, 1.165) is 40.1 Å². The Kier molecular flexibility index (Phi) is 9.34. The van der Waals surface area contributed by atoms with E-state index in [4.69, 9.17) is 15.0 Å². The van der Waals surface area contributed by atoms with Gasteiger partial charge in [0.15, 0.2) is 5.84 Å². The molecule has 7 aromatic rings. The molecule has 0 aromatic heterocycles. The molecular formula is C53H41N3. The average molecular weight is 720 g/mol. The molecule has 0 atom stereocenters. The van der Waals surface area contributed by atoms with Gasteiger partial charge >= 0.3 is 0 Å². The van der Waals surface area contributed by atoms with E-state index in [1.807, 2.05) is 31.2 Å². The lowest BCUT2D eigenvalue weighted by molar-refractivity contribution is 1.08. The van der Waals surface area contributed by atoms with Crippen LogP contribution in [0.15, 0.2) is 209 Å². The predicted octanol–water partition coefficient (Wildman–Crippen LogP) is 13.1. The zero-order valence-electron chi connectivity index (χ0n) is 31.7. The van der Waals surface area contributed by atoms with E-state index < -0.39 is 0 Å². The molecule has 1 aliphatic heterocycles. The summed E-state index contributed by atoms with van der Waals surface area (Å²) in [6.07, 6.45) is 9.42. The summed E-state index contributed by atoms with van der Waals surface area (Å²) in [5.74, 6) is 0.608. The zero-order chi connectivity index (χ0) is 38.0. The molecule has 0 N–H and O–H groups in total. The molecular weight excluding hydrogens is 679 g/mol. The van der Waals surface area contributed by atoms with Gasteiger partial charge in [0.1, 0.15) is 0 Å². The van der Waals surface area contributed by atoms with Gasteiger partial charge in [0, 0.05) is 22.4 Å². The number of hydrogen-bond acceptors (Lipinski definition) is 2. The number of benzene rings is 7. The average Bonchev–Trinajstić information content (AvgIpc) is 3.61. The minimum absolute atomic E-state index is 0.597. The number of fused-ring (bicyclic) bond motifs is 8. The predicted molar refractivity (Wildman–Crippen MR) is 238 cm³/mol. The van der Waals surface area contributed by atoms with Gasteiger partial charge in [-0.3, -0.25) is 4.99 Å². The Balaban J connectivity index is 1.16. The van der Waals surface area contributed by atoms with E-state index in [-0.39, 0.29) is 0 Å². The summed E-state index contributed by atoms with van der Waals surface area (Å²) in [5.41, 5.74) is 15.1. The van der Waals surface area contributed by atoms with Gasteiger partial charge in [0.05, 0.1) is 18.0 Å². The SMILES string of the molecule is C=C(N=C(N=C(C)c1ccccc1)c1ccc(C2=NCc3ccccc3-c3c2c2ccccc2c2c(C)cccc32)cc1)C1=CC=C(c2ccccc2)CC=C1. The summed E-state index contributed by atoms with van der Waals surface area (Å²) in [5, 5.41) is 5.00. The van der Waals surface area contributed by atoms with Crippen LogP contribution in [0.1, 0.15) is 52.3 Å². The Labute approximate surface area is 328 Å². The van der Waals surface area contributed by atoms with E-state index in [1.54, 1.807) is 0 Å². The Hall–Kier alpha value is -6.97. The van der Waals surface area contributed by atoms with Gasteiger partial charge < -0.3 is 0 Å². The molecule has 9 rings (SSSR count). The molecule has 2 aliphatic rings. The zero-order valence-corrected chi connectivity index (χ0v) is 31.7. The standard InChI is InChI=1S/C53H41N3/c1-35-16-14-27-48-49(35)46-25-12-13-26-47(46)51-50(48)45-24-11-10-21-44(45)34-54-52(51)42-30-32-43(33-31-42)53(55-36(2)38-17-6-4-7-18-38)56-37(3)39-22-15-23-41(29-28-39)40-19-8-5-9-20-40/h4-22,24-33H,3,23,34H2,1-2H3. The first-order valence-electron chi connectivity index (χ1n) is 19.2. The number of rotatable bonds is 6. The van der Waals surface area contributed by atoms with Crippen LogP contribution >= 0.6 is 0 Å². The van der Waals surface area contributed by atoms with Crippen LogP contribution in [-0.4, -0.2) is 17.3 Å². The third-order valence-corrected chi connectivity index (χ3v) is 10.9. The molecule has 0 radical (unpaired) electrons. The number of hydrogen-bond donors (Lipinski definition) is 0. The van der Waals surface area contributed by atoms with Crippen LogP contribution in [-0.2, 0) is 6.54 Å². The molecule has 0 fully saturated rings. The Bertz CT molecular complexity index is 2850. The van der Waals surface area contributed by atoms with Crippen LogP contribution in [0.25, 0.3) is 38.2 Å². The maximum atomic E-state index is 5.39. The second-order valence-electron chi connectivity index (χ2n) is 14.4. The smallest absolute Gasteiger partial charge is 0.160 e. The monoisotopic (exact) mass is 719 g/mol. The number of nitrogens with zero attached hydrogens (tertiary/aromatic N) is 3. The lowest BCUT2D eigenvalue weighted by Gasteiger charge is -2.20. The lowest BCUT2D eigenvalue weighted by atomic mass is 9.83. The van der Waals surface area contributed by atoms with Crippen LogP contribution in [0.2, 0.25) is 0 Å². The molecule has 0 unspecified atom stereocenters. The van der Waals surface area contributed by atoms with Gasteiger partial charge in [-0.2, -0.15) is 0 Å². The fraction of sp³-hybridized carbons (Fsp3) is 0.0755. The van der Waals surface area contributed by atoms with Crippen LogP contribution in [0.5, 0.6) is 0 Å². The topological polar surface area (TPSA) is 37.1 Å².